The summed E-state index contributed by atoms with van der Waals surface area (Å²) in [7, 11) is -3.17. The molecule has 0 bridgehead atoms. The van der Waals surface area contributed by atoms with Crippen LogP contribution in [0.3, 0.4) is 0 Å². The van der Waals surface area contributed by atoms with Crippen LogP contribution in [-0.2, 0) is 10.0 Å². The first-order chi connectivity index (χ1) is 7.55. The minimum atomic E-state index is -3.17. The van der Waals surface area contributed by atoms with Crippen LogP contribution in [0.15, 0.2) is 24.3 Å². The van der Waals surface area contributed by atoms with Crippen LogP contribution < -0.4 is 10.0 Å². The Kier molecular flexibility index (Phi) is 2.80. The summed E-state index contributed by atoms with van der Waals surface area (Å²) >= 11 is 0. The molecule has 0 radical (unpaired) electrons. The zero-order chi connectivity index (χ0) is 11.8. The highest BCUT2D eigenvalue weighted by Crippen LogP contribution is 2.33. The smallest absolute Gasteiger partial charge is 0.238 e. The van der Waals surface area contributed by atoms with Crippen LogP contribution >= 0.6 is 0 Å². The van der Waals surface area contributed by atoms with Crippen molar-refractivity contribution in [3.63, 3.8) is 0 Å². The first kappa shape index (κ1) is 11.3. The highest BCUT2D eigenvalue weighted by molar-refractivity contribution is 7.93. The van der Waals surface area contributed by atoms with Crippen molar-refractivity contribution in [3.05, 3.63) is 24.3 Å². The normalized spacial score (nSPS) is 16.1. The van der Waals surface area contributed by atoms with Gasteiger partial charge in [-0.25, -0.2) is 8.42 Å². The minimum absolute atomic E-state index is 0.186. The standard InChI is InChI=1S/C11H16N2O2S/c1-2-13(16(14,15)11-6-7-11)10-5-3-4-9(12)8-10/h3-5,8,11H,2,6-7,12H2,1H3. The molecule has 1 saturated carbocycles. The number of benzene rings is 1. The van der Waals surface area contributed by atoms with Crippen molar-refractivity contribution < 1.29 is 8.42 Å². The molecular formula is C11H16N2O2S. The largest absolute Gasteiger partial charge is 0.399 e. The Bertz CT molecular complexity index is 481. The van der Waals surface area contributed by atoms with Gasteiger partial charge in [-0.1, -0.05) is 6.07 Å². The Hall–Kier alpha value is -1.23. The molecule has 0 aliphatic heterocycles. The number of hydrogen-bond donors (Lipinski definition) is 1. The van der Waals surface area contributed by atoms with E-state index in [2.05, 4.69) is 0 Å². The fourth-order valence-electron chi connectivity index (χ4n) is 1.74. The Balaban J connectivity index is 2.36. The van der Waals surface area contributed by atoms with Crippen LogP contribution in [0.1, 0.15) is 19.8 Å². The first-order valence-electron chi connectivity index (χ1n) is 5.43. The molecule has 1 fully saturated rings. The monoisotopic (exact) mass is 240 g/mol. The molecule has 0 aromatic heterocycles. The maximum atomic E-state index is 12.1. The number of nitrogen functional groups attached to an aromatic ring is 1. The highest BCUT2D eigenvalue weighted by atomic mass is 32.2. The van der Waals surface area contributed by atoms with Gasteiger partial charge in [0.15, 0.2) is 0 Å². The first-order valence-corrected chi connectivity index (χ1v) is 6.93. The van der Waals surface area contributed by atoms with E-state index in [1.165, 1.54) is 4.31 Å². The summed E-state index contributed by atoms with van der Waals surface area (Å²) in [5, 5.41) is -0.186. The van der Waals surface area contributed by atoms with Crippen molar-refractivity contribution in [3.8, 4) is 0 Å². The van der Waals surface area contributed by atoms with E-state index in [-0.39, 0.29) is 5.25 Å². The maximum absolute atomic E-state index is 12.1. The van der Waals surface area contributed by atoms with Gasteiger partial charge in [-0.15, -0.1) is 0 Å². The number of rotatable bonds is 4. The van der Waals surface area contributed by atoms with Crippen molar-refractivity contribution in [2.24, 2.45) is 0 Å². The number of hydrogen-bond acceptors (Lipinski definition) is 3. The minimum Gasteiger partial charge on any atom is -0.399 e. The van der Waals surface area contributed by atoms with Gasteiger partial charge in [-0.2, -0.15) is 0 Å². The van der Waals surface area contributed by atoms with E-state index in [0.29, 0.717) is 17.9 Å². The zero-order valence-electron chi connectivity index (χ0n) is 9.26. The predicted octanol–water partition coefficient (Wildman–Crippen LogP) is 1.59. The Morgan fingerprint density at radius 1 is 1.44 bits per heavy atom. The molecule has 1 aliphatic carbocycles. The van der Waals surface area contributed by atoms with Crippen LogP contribution in [0.5, 0.6) is 0 Å². The summed E-state index contributed by atoms with van der Waals surface area (Å²) in [5.41, 5.74) is 6.91. The van der Waals surface area contributed by atoms with Gasteiger partial charge in [0.2, 0.25) is 10.0 Å². The van der Waals surface area contributed by atoms with Gasteiger partial charge in [0.25, 0.3) is 0 Å². The van der Waals surface area contributed by atoms with Gasteiger partial charge >= 0.3 is 0 Å². The van der Waals surface area contributed by atoms with Gasteiger partial charge in [0, 0.05) is 12.2 Å². The topological polar surface area (TPSA) is 63.4 Å². The molecule has 1 aromatic rings. The van der Waals surface area contributed by atoms with Crippen LogP contribution in [0, 0.1) is 0 Å². The van der Waals surface area contributed by atoms with Crippen molar-refractivity contribution in [1.29, 1.82) is 0 Å². The van der Waals surface area contributed by atoms with Gasteiger partial charge in [0.1, 0.15) is 0 Å². The lowest BCUT2D eigenvalue weighted by Gasteiger charge is -2.22. The van der Waals surface area contributed by atoms with E-state index in [1.807, 2.05) is 6.92 Å². The second kappa shape index (κ2) is 3.97. The van der Waals surface area contributed by atoms with Crippen molar-refractivity contribution in [1.82, 2.24) is 0 Å². The van der Waals surface area contributed by atoms with E-state index in [9.17, 15) is 8.42 Å². The molecule has 0 saturated heterocycles. The molecule has 5 heteroatoms. The molecule has 0 heterocycles. The summed E-state index contributed by atoms with van der Waals surface area (Å²) < 4.78 is 25.7. The molecule has 1 aliphatic rings. The van der Waals surface area contributed by atoms with E-state index in [0.717, 1.165) is 12.8 Å². The molecule has 0 atom stereocenters. The van der Waals surface area contributed by atoms with Crippen LogP contribution in [0.2, 0.25) is 0 Å². The Morgan fingerprint density at radius 2 is 2.12 bits per heavy atom. The third kappa shape index (κ3) is 2.00. The number of nitrogens with zero attached hydrogens (tertiary/aromatic N) is 1. The van der Waals surface area contributed by atoms with Gasteiger partial charge in [-0.3, -0.25) is 4.31 Å². The van der Waals surface area contributed by atoms with Crippen LogP contribution in [0.25, 0.3) is 0 Å². The number of nitrogens with two attached hydrogens (primary N) is 1. The summed E-state index contributed by atoms with van der Waals surface area (Å²) in [6.07, 6.45) is 1.56. The van der Waals surface area contributed by atoms with Gasteiger partial charge in [-0.05, 0) is 38.0 Å². The Morgan fingerprint density at radius 3 is 2.62 bits per heavy atom. The van der Waals surface area contributed by atoms with Crippen molar-refractivity contribution in [2.75, 3.05) is 16.6 Å². The summed E-state index contributed by atoms with van der Waals surface area (Å²) in [4.78, 5) is 0. The molecular weight excluding hydrogens is 224 g/mol. The third-order valence-corrected chi connectivity index (χ3v) is 5.10. The van der Waals surface area contributed by atoms with E-state index < -0.39 is 10.0 Å². The average Bonchev–Trinajstić information content (AvgIpc) is 3.01. The molecule has 16 heavy (non-hydrogen) atoms. The molecule has 1 aromatic carbocycles. The molecule has 0 amide bonds. The SMILES string of the molecule is CCN(c1cccc(N)c1)S(=O)(=O)C1CC1. The van der Waals surface area contributed by atoms with Crippen LogP contribution in [0.4, 0.5) is 11.4 Å². The lowest BCUT2D eigenvalue weighted by molar-refractivity contribution is 0.590. The lowest BCUT2D eigenvalue weighted by Crippen LogP contribution is -2.33. The third-order valence-electron chi connectivity index (χ3n) is 2.70. The molecule has 2 rings (SSSR count). The zero-order valence-corrected chi connectivity index (χ0v) is 10.1. The highest BCUT2D eigenvalue weighted by Gasteiger charge is 2.39. The van der Waals surface area contributed by atoms with Crippen LogP contribution in [-0.4, -0.2) is 20.2 Å². The second-order valence-electron chi connectivity index (χ2n) is 4.00. The second-order valence-corrected chi connectivity index (χ2v) is 6.14. The van der Waals surface area contributed by atoms with Crippen molar-refractivity contribution >= 4 is 21.4 Å². The van der Waals surface area contributed by atoms with Crippen molar-refractivity contribution in [2.45, 2.75) is 25.0 Å². The van der Waals surface area contributed by atoms with Gasteiger partial charge in [0.05, 0.1) is 10.9 Å². The van der Waals surface area contributed by atoms with E-state index >= 15 is 0 Å². The summed E-state index contributed by atoms with van der Waals surface area (Å²) in [5.74, 6) is 0. The molecule has 0 spiro atoms. The molecule has 0 unspecified atom stereocenters. The number of sulfonamides is 1. The van der Waals surface area contributed by atoms with E-state index in [4.69, 9.17) is 5.73 Å². The predicted molar refractivity (Wildman–Crippen MR) is 65.8 cm³/mol. The Labute approximate surface area is 96.1 Å². The molecule has 2 N–H and O–H groups in total. The maximum Gasteiger partial charge on any atom is 0.238 e. The lowest BCUT2D eigenvalue weighted by atomic mass is 10.3. The summed E-state index contributed by atoms with van der Waals surface area (Å²) in [6, 6.07) is 7.00. The fourth-order valence-corrected chi connectivity index (χ4v) is 3.59. The molecule has 4 nitrogen and oxygen atoms in total. The summed E-state index contributed by atoms with van der Waals surface area (Å²) in [6.45, 7) is 2.28. The van der Waals surface area contributed by atoms with E-state index in [1.54, 1.807) is 24.3 Å². The van der Waals surface area contributed by atoms with Gasteiger partial charge < -0.3 is 5.73 Å². The molecule has 88 valence electrons. The average molecular weight is 240 g/mol. The quantitative estimate of drug-likeness (QED) is 0.813. The fraction of sp³-hybridized carbons (Fsp3) is 0.455. The number of anilines is 2.